The van der Waals surface area contributed by atoms with Crippen LogP contribution >= 0.6 is 0 Å². The summed E-state index contributed by atoms with van der Waals surface area (Å²) in [5.41, 5.74) is 2.08. The number of hydrogen-bond acceptors (Lipinski definition) is 3. The van der Waals surface area contributed by atoms with Crippen molar-refractivity contribution in [2.75, 3.05) is 13.2 Å². The van der Waals surface area contributed by atoms with Crippen molar-refractivity contribution < 1.29 is 14.3 Å². The van der Waals surface area contributed by atoms with Gasteiger partial charge in [-0.2, -0.15) is 0 Å². The van der Waals surface area contributed by atoms with Crippen molar-refractivity contribution in [2.24, 2.45) is 5.92 Å². The van der Waals surface area contributed by atoms with E-state index in [1.54, 1.807) is 0 Å². The molecule has 2 atom stereocenters. The molecule has 138 valence electrons. The molecule has 2 aromatic rings. The molecule has 0 bridgehead atoms. The fourth-order valence-corrected chi connectivity index (χ4v) is 3.09. The molecule has 5 nitrogen and oxygen atoms in total. The Hall–Kier alpha value is -2.69. The second-order valence-electron chi connectivity index (χ2n) is 6.87. The number of rotatable bonds is 5. The van der Waals surface area contributed by atoms with Crippen LogP contribution < -0.4 is 20.1 Å². The van der Waals surface area contributed by atoms with Crippen molar-refractivity contribution in [3.8, 4) is 11.5 Å². The number of ether oxygens (including phenoxy) is 2. The molecule has 0 aromatic heterocycles. The minimum Gasteiger partial charge on any atom is -0.486 e. The van der Waals surface area contributed by atoms with Gasteiger partial charge >= 0.3 is 6.03 Å². The summed E-state index contributed by atoms with van der Waals surface area (Å²) in [4.78, 5) is 12.5. The molecule has 26 heavy (non-hydrogen) atoms. The Balaban J connectivity index is 1.69. The van der Waals surface area contributed by atoms with Crippen molar-refractivity contribution in [2.45, 2.75) is 32.9 Å². The van der Waals surface area contributed by atoms with Crippen molar-refractivity contribution in [1.29, 1.82) is 0 Å². The normalized spacial score (nSPS) is 15.2. The van der Waals surface area contributed by atoms with E-state index in [4.69, 9.17) is 9.47 Å². The van der Waals surface area contributed by atoms with Gasteiger partial charge in [-0.05, 0) is 36.1 Å². The van der Waals surface area contributed by atoms with Crippen LogP contribution in [0.5, 0.6) is 11.5 Å². The van der Waals surface area contributed by atoms with Crippen molar-refractivity contribution in [1.82, 2.24) is 10.6 Å². The highest BCUT2D eigenvalue weighted by Crippen LogP contribution is 2.34. The van der Waals surface area contributed by atoms with E-state index < -0.39 is 0 Å². The molecule has 0 aliphatic carbocycles. The van der Waals surface area contributed by atoms with Crippen LogP contribution in [0.2, 0.25) is 0 Å². The van der Waals surface area contributed by atoms with Gasteiger partial charge in [0.25, 0.3) is 0 Å². The van der Waals surface area contributed by atoms with Crippen molar-refractivity contribution in [3.05, 3.63) is 59.7 Å². The van der Waals surface area contributed by atoms with Gasteiger partial charge in [0.2, 0.25) is 0 Å². The zero-order chi connectivity index (χ0) is 18.5. The molecule has 2 unspecified atom stereocenters. The van der Waals surface area contributed by atoms with Crippen LogP contribution in [0.25, 0.3) is 0 Å². The van der Waals surface area contributed by atoms with Crippen LogP contribution in [0.4, 0.5) is 4.79 Å². The van der Waals surface area contributed by atoms with Crippen LogP contribution in [-0.2, 0) is 0 Å². The monoisotopic (exact) mass is 354 g/mol. The molecule has 0 fully saturated rings. The Bertz CT molecular complexity index is 746. The Kier molecular flexibility index (Phi) is 5.66. The van der Waals surface area contributed by atoms with Crippen molar-refractivity contribution in [3.63, 3.8) is 0 Å². The molecule has 0 radical (unpaired) electrons. The van der Waals surface area contributed by atoms with Gasteiger partial charge < -0.3 is 20.1 Å². The van der Waals surface area contributed by atoms with Gasteiger partial charge in [0, 0.05) is 0 Å². The first-order chi connectivity index (χ1) is 12.5. The summed E-state index contributed by atoms with van der Waals surface area (Å²) in [6.07, 6.45) is 0. The number of carbonyl (C=O) groups excluding carboxylic acids is 1. The smallest absolute Gasteiger partial charge is 0.315 e. The standard InChI is InChI=1S/C21H26N2O3/c1-14(2)20(17-9-10-18-19(13-17)26-12-11-25-18)23-21(24)22-15(3)16-7-5-4-6-8-16/h4-10,13-15,20H,11-12H2,1-3H3,(H2,22,23,24). The van der Waals surface area contributed by atoms with E-state index in [0.29, 0.717) is 13.2 Å². The number of urea groups is 1. The molecule has 1 aliphatic rings. The third-order valence-corrected chi connectivity index (χ3v) is 4.53. The molecule has 2 aromatic carbocycles. The Labute approximate surface area is 154 Å². The van der Waals surface area contributed by atoms with Crippen molar-refractivity contribution >= 4 is 6.03 Å². The maximum absolute atomic E-state index is 12.5. The fourth-order valence-electron chi connectivity index (χ4n) is 3.09. The lowest BCUT2D eigenvalue weighted by Gasteiger charge is -2.26. The number of fused-ring (bicyclic) bond motifs is 1. The Morgan fingerprint density at radius 3 is 2.27 bits per heavy atom. The lowest BCUT2D eigenvalue weighted by atomic mass is 9.95. The molecule has 2 amide bonds. The second kappa shape index (κ2) is 8.13. The Morgan fingerprint density at radius 2 is 1.58 bits per heavy atom. The lowest BCUT2D eigenvalue weighted by molar-refractivity contribution is 0.171. The molecule has 0 spiro atoms. The predicted molar refractivity (Wildman–Crippen MR) is 102 cm³/mol. The number of carbonyl (C=O) groups is 1. The summed E-state index contributed by atoms with van der Waals surface area (Å²) in [6.45, 7) is 7.26. The predicted octanol–water partition coefficient (Wildman–Crippen LogP) is 4.22. The quantitative estimate of drug-likeness (QED) is 0.845. The number of hydrogen-bond donors (Lipinski definition) is 2. The van der Waals surface area contributed by atoms with E-state index in [2.05, 4.69) is 24.5 Å². The molecule has 3 rings (SSSR count). The van der Waals surface area contributed by atoms with Gasteiger partial charge in [-0.1, -0.05) is 50.2 Å². The van der Waals surface area contributed by atoms with Crippen LogP contribution in [0.1, 0.15) is 44.0 Å². The first-order valence-electron chi connectivity index (χ1n) is 9.06. The number of nitrogens with one attached hydrogen (secondary N) is 2. The van der Waals surface area contributed by atoms with Crippen LogP contribution in [-0.4, -0.2) is 19.2 Å². The fraction of sp³-hybridized carbons (Fsp3) is 0.381. The molecule has 2 N–H and O–H groups in total. The highest BCUT2D eigenvalue weighted by Gasteiger charge is 2.22. The van der Waals surface area contributed by atoms with Crippen LogP contribution in [0, 0.1) is 5.92 Å². The van der Waals surface area contributed by atoms with Crippen LogP contribution in [0.3, 0.4) is 0 Å². The summed E-state index contributed by atoms with van der Waals surface area (Å²) in [5.74, 6) is 1.72. The van der Waals surface area contributed by atoms with E-state index in [9.17, 15) is 4.79 Å². The average molecular weight is 354 g/mol. The van der Waals surface area contributed by atoms with Gasteiger partial charge in [-0.25, -0.2) is 4.79 Å². The summed E-state index contributed by atoms with van der Waals surface area (Å²) in [5, 5.41) is 6.10. The maximum atomic E-state index is 12.5. The highest BCUT2D eigenvalue weighted by molar-refractivity contribution is 5.75. The van der Waals surface area contributed by atoms with Gasteiger partial charge in [-0.3, -0.25) is 0 Å². The van der Waals surface area contributed by atoms with Gasteiger partial charge in [0.1, 0.15) is 13.2 Å². The zero-order valence-electron chi connectivity index (χ0n) is 15.5. The molecule has 0 saturated carbocycles. The van der Waals surface area contributed by atoms with E-state index in [-0.39, 0.29) is 24.0 Å². The maximum Gasteiger partial charge on any atom is 0.315 e. The van der Waals surface area contributed by atoms with E-state index in [0.717, 1.165) is 22.6 Å². The third-order valence-electron chi connectivity index (χ3n) is 4.53. The summed E-state index contributed by atoms with van der Waals surface area (Å²) < 4.78 is 11.2. The van der Waals surface area contributed by atoms with E-state index in [1.807, 2.05) is 55.5 Å². The molecular formula is C21H26N2O3. The van der Waals surface area contributed by atoms with Gasteiger partial charge in [0.15, 0.2) is 11.5 Å². The Morgan fingerprint density at radius 1 is 0.885 bits per heavy atom. The average Bonchev–Trinajstić information content (AvgIpc) is 2.66. The highest BCUT2D eigenvalue weighted by atomic mass is 16.6. The number of benzene rings is 2. The van der Waals surface area contributed by atoms with E-state index in [1.165, 1.54) is 0 Å². The SMILES string of the molecule is CC(NC(=O)NC(c1ccc2c(c1)OCCO2)C(C)C)c1ccccc1. The second-order valence-corrected chi connectivity index (χ2v) is 6.87. The molecule has 1 heterocycles. The van der Waals surface area contributed by atoms with E-state index >= 15 is 0 Å². The van der Waals surface area contributed by atoms with Gasteiger partial charge in [-0.15, -0.1) is 0 Å². The minimum absolute atomic E-state index is 0.0655. The molecule has 5 heteroatoms. The zero-order valence-corrected chi connectivity index (χ0v) is 15.5. The largest absolute Gasteiger partial charge is 0.486 e. The topological polar surface area (TPSA) is 59.6 Å². The summed E-state index contributed by atoms with van der Waals surface area (Å²) in [7, 11) is 0. The lowest BCUT2D eigenvalue weighted by Crippen LogP contribution is -2.40. The summed E-state index contributed by atoms with van der Waals surface area (Å²) in [6, 6.07) is 15.4. The first kappa shape index (κ1) is 18.1. The third kappa shape index (κ3) is 4.28. The molecule has 0 saturated heterocycles. The molecular weight excluding hydrogens is 328 g/mol. The van der Waals surface area contributed by atoms with Gasteiger partial charge in [0.05, 0.1) is 12.1 Å². The van der Waals surface area contributed by atoms with Crippen LogP contribution in [0.15, 0.2) is 48.5 Å². The number of amides is 2. The minimum atomic E-state index is -0.185. The first-order valence-corrected chi connectivity index (χ1v) is 9.06. The molecule has 1 aliphatic heterocycles. The summed E-state index contributed by atoms with van der Waals surface area (Å²) >= 11 is 0.